The summed E-state index contributed by atoms with van der Waals surface area (Å²) in [5, 5.41) is 0.719. The molecule has 1 aromatic heterocycles. The molecule has 2 aliphatic heterocycles. The van der Waals surface area contributed by atoms with E-state index < -0.39 is 47.4 Å². The molecule has 0 bridgehead atoms. The van der Waals surface area contributed by atoms with Crippen LogP contribution < -0.4 is 0 Å². The third kappa shape index (κ3) is 5.77. The predicted molar refractivity (Wildman–Crippen MR) is 155 cm³/mol. The second-order valence-electron chi connectivity index (χ2n) is 11.8. The molecule has 0 N–H and O–H groups in total. The SMILES string of the molecule is [B]C1OC2CO[Si](C(C)C)(C(C)C)O[Si](C(C)C)(C(C)C)OC2C1OCOC(=O)c1ccnc2ccccc12. The summed E-state index contributed by atoms with van der Waals surface area (Å²) in [7, 11) is 0.865. The number of carbonyl (C=O) groups is 1. The number of pyridine rings is 1. The normalized spacial score (nSPS) is 26.7. The van der Waals surface area contributed by atoms with Crippen LogP contribution in [0.15, 0.2) is 36.5 Å². The topological polar surface area (TPSA) is 85.3 Å². The zero-order valence-electron chi connectivity index (χ0n) is 24.4. The van der Waals surface area contributed by atoms with Crippen molar-refractivity contribution < 1.29 is 32.0 Å². The van der Waals surface area contributed by atoms with Gasteiger partial charge in [0.15, 0.2) is 6.79 Å². The van der Waals surface area contributed by atoms with E-state index in [2.05, 4.69) is 60.4 Å². The molecule has 0 saturated carbocycles. The van der Waals surface area contributed by atoms with Crippen LogP contribution in [-0.2, 0) is 27.2 Å². The average molecular weight is 572 g/mol. The molecular formula is C28H42BNO7Si2. The summed E-state index contributed by atoms with van der Waals surface area (Å²) in [6.45, 7) is 17.4. The Morgan fingerprint density at radius 2 is 1.64 bits per heavy atom. The predicted octanol–water partition coefficient (Wildman–Crippen LogP) is 5.58. The molecule has 3 heterocycles. The molecule has 4 unspecified atom stereocenters. The number of fused-ring (bicyclic) bond motifs is 2. The van der Waals surface area contributed by atoms with E-state index in [1.54, 1.807) is 12.3 Å². The quantitative estimate of drug-likeness (QED) is 0.231. The van der Waals surface area contributed by atoms with Gasteiger partial charge in [-0.2, -0.15) is 0 Å². The third-order valence-electron chi connectivity index (χ3n) is 8.00. The van der Waals surface area contributed by atoms with Crippen LogP contribution >= 0.6 is 0 Å². The number of ether oxygens (including phenoxy) is 3. The molecule has 39 heavy (non-hydrogen) atoms. The first-order valence-electron chi connectivity index (χ1n) is 14.0. The van der Waals surface area contributed by atoms with Crippen molar-refractivity contribution in [3.63, 3.8) is 0 Å². The summed E-state index contributed by atoms with van der Waals surface area (Å²) in [6, 6.07) is 8.31. The zero-order valence-corrected chi connectivity index (χ0v) is 26.4. The van der Waals surface area contributed by atoms with E-state index >= 15 is 0 Å². The molecular weight excluding hydrogens is 529 g/mol. The fourth-order valence-electron chi connectivity index (χ4n) is 5.88. The van der Waals surface area contributed by atoms with Gasteiger partial charge in [-0.15, -0.1) is 0 Å². The lowest BCUT2D eigenvalue weighted by atomic mass is 9.93. The molecule has 11 heteroatoms. The molecule has 2 saturated heterocycles. The summed E-state index contributed by atoms with van der Waals surface area (Å²) in [4.78, 5) is 17.2. The molecule has 2 fully saturated rings. The van der Waals surface area contributed by atoms with Gasteiger partial charge in [-0.3, -0.25) is 4.98 Å². The lowest BCUT2D eigenvalue weighted by Crippen LogP contribution is -2.66. The zero-order chi connectivity index (χ0) is 28.5. The van der Waals surface area contributed by atoms with Crippen molar-refractivity contribution in [1.29, 1.82) is 0 Å². The largest absolute Gasteiger partial charge is 0.435 e. The smallest absolute Gasteiger partial charge is 0.340 e. The number of nitrogens with zero attached hydrogens (tertiary/aromatic N) is 1. The number of benzene rings is 1. The van der Waals surface area contributed by atoms with Gasteiger partial charge in [0, 0.05) is 17.6 Å². The Morgan fingerprint density at radius 3 is 2.28 bits per heavy atom. The van der Waals surface area contributed by atoms with E-state index in [-0.39, 0.29) is 29.0 Å². The van der Waals surface area contributed by atoms with Crippen LogP contribution in [0.4, 0.5) is 0 Å². The van der Waals surface area contributed by atoms with E-state index in [1.807, 2.05) is 24.3 Å². The van der Waals surface area contributed by atoms with E-state index in [9.17, 15) is 4.79 Å². The minimum Gasteiger partial charge on any atom is -0.435 e. The highest BCUT2D eigenvalue weighted by atomic mass is 28.5. The summed E-state index contributed by atoms with van der Waals surface area (Å²) < 4.78 is 38.8. The van der Waals surface area contributed by atoms with Gasteiger partial charge in [-0.1, -0.05) is 73.6 Å². The Labute approximate surface area is 236 Å². The van der Waals surface area contributed by atoms with Gasteiger partial charge in [0.1, 0.15) is 26.2 Å². The van der Waals surface area contributed by atoms with Crippen LogP contribution in [0.2, 0.25) is 22.2 Å². The molecule has 2 aliphatic rings. The molecule has 0 spiro atoms. The lowest BCUT2D eigenvalue weighted by molar-refractivity contribution is -0.0988. The summed E-state index contributed by atoms with van der Waals surface area (Å²) in [5.41, 5.74) is 1.91. The summed E-state index contributed by atoms with van der Waals surface area (Å²) in [5.74, 6) is -0.499. The van der Waals surface area contributed by atoms with Gasteiger partial charge < -0.3 is 27.2 Å². The number of hydrogen-bond donors (Lipinski definition) is 0. The Morgan fingerprint density at radius 1 is 1.00 bits per heavy atom. The minimum atomic E-state index is -2.88. The van der Waals surface area contributed by atoms with E-state index in [1.165, 1.54) is 0 Å². The second-order valence-corrected chi connectivity index (χ2v) is 20.6. The second kappa shape index (κ2) is 12.1. The van der Waals surface area contributed by atoms with E-state index in [0.29, 0.717) is 12.2 Å². The molecule has 4 rings (SSSR count). The first kappa shape index (κ1) is 30.4. The van der Waals surface area contributed by atoms with Gasteiger partial charge in [0.2, 0.25) is 0 Å². The Kier molecular flexibility index (Phi) is 9.42. The number of rotatable bonds is 8. The third-order valence-corrected chi connectivity index (χ3v) is 18.2. The van der Waals surface area contributed by atoms with Gasteiger partial charge >= 0.3 is 23.1 Å². The maximum Gasteiger partial charge on any atom is 0.340 e. The highest BCUT2D eigenvalue weighted by molar-refractivity contribution is 6.84. The van der Waals surface area contributed by atoms with Crippen molar-refractivity contribution >= 4 is 41.8 Å². The van der Waals surface area contributed by atoms with Crippen LogP contribution in [0.25, 0.3) is 10.9 Å². The maximum absolute atomic E-state index is 12.9. The average Bonchev–Trinajstić information content (AvgIpc) is 3.16. The van der Waals surface area contributed by atoms with Crippen molar-refractivity contribution in [2.75, 3.05) is 13.4 Å². The highest BCUT2D eigenvalue weighted by Crippen LogP contribution is 2.47. The number of para-hydroxylation sites is 1. The molecule has 8 nitrogen and oxygen atoms in total. The van der Waals surface area contributed by atoms with E-state index in [4.69, 9.17) is 35.0 Å². The summed E-state index contributed by atoms with van der Waals surface area (Å²) >= 11 is 0. The van der Waals surface area contributed by atoms with E-state index in [0.717, 1.165) is 10.9 Å². The molecule has 2 aromatic rings. The van der Waals surface area contributed by atoms with Gasteiger partial charge in [0.05, 0.1) is 17.7 Å². The first-order chi connectivity index (χ1) is 18.4. The van der Waals surface area contributed by atoms with Crippen LogP contribution in [0.3, 0.4) is 0 Å². The van der Waals surface area contributed by atoms with Crippen molar-refractivity contribution in [1.82, 2.24) is 4.98 Å². The fourth-order valence-corrected chi connectivity index (χ4v) is 17.1. The molecule has 2 radical (unpaired) electrons. The highest BCUT2D eigenvalue weighted by Gasteiger charge is 2.61. The summed E-state index contributed by atoms with van der Waals surface area (Å²) in [6.07, 6.45) is 0.0132. The molecule has 4 atom stereocenters. The maximum atomic E-state index is 12.9. The van der Waals surface area contributed by atoms with Crippen LogP contribution in [0.1, 0.15) is 65.7 Å². The number of hydrogen-bond acceptors (Lipinski definition) is 8. The Balaban J connectivity index is 1.55. The number of esters is 1. The fraction of sp³-hybridized carbons (Fsp3) is 0.643. The van der Waals surface area contributed by atoms with Crippen molar-refractivity contribution in [3.05, 3.63) is 42.1 Å². The minimum absolute atomic E-state index is 0.152. The molecule has 1 aromatic carbocycles. The van der Waals surface area contributed by atoms with Crippen LogP contribution in [0.5, 0.6) is 0 Å². The van der Waals surface area contributed by atoms with Crippen LogP contribution in [0, 0.1) is 0 Å². The molecule has 0 amide bonds. The number of carbonyl (C=O) groups excluding carboxylic acids is 1. The van der Waals surface area contributed by atoms with Crippen molar-refractivity contribution in [2.45, 2.75) is 102 Å². The van der Waals surface area contributed by atoms with Gasteiger partial charge in [-0.25, -0.2) is 4.79 Å². The van der Waals surface area contributed by atoms with Gasteiger partial charge in [-0.05, 0) is 34.3 Å². The molecule has 212 valence electrons. The Hall–Kier alpha value is -1.60. The standard InChI is InChI=1S/C28H42BNO7Si2/c1-17(2)38(18(3)4)34-15-24-25(36-39(37-38,19(5)6)20(7)8)26(27(29)35-24)32-16-33-28(31)22-13-14-30-23-12-10-9-11-21(22)23/h9-14,17-20,24-27H,15-16H2,1-8H3. The monoisotopic (exact) mass is 571 g/mol. The van der Waals surface area contributed by atoms with Crippen LogP contribution in [-0.4, -0.2) is 73.6 Å². The van der Waals surface area contributed by atoms with Crippen molar-refractivity contribution in [2.24, 2.45) is 0 Å². The van der Waals surface area contributed by atoms with Crippen molar-refractivity contribution in [3.8, 4) is 0 Å². The number of aromatic nitrogens is 1. The lowest BCUT2D eigenvalue weighted by Gasteiger charge is -2.51. The molecule has 0 aliphatic carbocycles. The first-order valence-corrected chi connectivity index (χ1v) is 17.9. The Bertz CT molecular complexity index is 1130. The van der Waals surface area contributed by atoms with Gasteiger partial charge in [0.25, 0.3) is 0 Å².